The number of anilines is 1. The Morgan fingerprint density at radius 3 is 2.73 bits per heavy atom. The van der Waals surface area contributed by atoms with Gasteiger partial charge in [0.15, 0.2) is 6.29 Å². The minimum absolute atomic E-state index is 0.353. The lowest BCUT2D eigenvalue weighted by Crippen LogP contribution is -2.03. The van der Waals surface area contributed by atoms with Crippen LogP contribution in [0.15, 0.2) is 18.2 Å². The second-order valence-corrected chi connectivity index (χ2v) is 3.93. The van der Waals surface area contributed by atoms with Crippen LogP contribution in [0.5, 0.6) is 0 Å². The zero-order valence-electron chi connectivity index (χ0n) is 8.56. The number of nitrogens with zero attached hydrogens (tertiary/aromatic N) is 1. The average Bonchev–Trinajstić information content (AvgIpc) is 2.62. The molecule has 0 saturated heterocycles. The van der Waals surface area contributed by atoms with Crippen molar-refractivity contribution in [2.45, 2.75) is 6.29 Å². The van der Waals surface area contributed by atoms with Gasteiger partial charge in [0.2, 0.25) is 0 Å². The lowest BCUT2D eigenvalue weighted by Gasteiger charge is -2.13. The van der Waals surface area contributed by atoms with Crippen LogP contribution >= 0.6 is 11.5 Å². The molecule has 4 nitrogen and oxygen atoms in total. The molecule has 2 N–H and O–H groups in total. The van der Waals surface area contributed by atoms with E-state index in [2.05, 4.69) is 4.37 Å². The Labute approximate surface area is 91.8 Å². The number of nitrogens with two attached hydrogens (primary N) is 1. The van der Waals surface area contributed by atoms with Gasteiger partial charge in [0.05, 0.1) is 4.70 Å². The van der Waals surface area contributed by atoms with Crippen LogP contribution in [0.1, 0.15) is 11.9 Å². The number of fused-ring (bicyclic) bond motifs is 1. The third-order valence-electron chi connectivity index (χ3n) is 2.22. The van der Waals surface area contributed by atoms with E-state index in [1.807, 2.05) is 18.2 Å². The fourth-order valence-corrected chi connectivity index (χ4v) is 2.18. The third kappa shape index (κ3) is 1.81. The van der Waals surface area contributed by atoms with Crippen molar-refractivity contribution in [3.05, 3.63) is 23.8 Å². The molecule has 15 heavy (non-hydrogen) atoms. The van der Waals surface area contributed by atoms with Gasteiger partial charge in [-0.15, -0.1) is 0 Å². The van der Waals surface area contributed by atoms with Gasteiger partial charge in [-0.25, -0.2) is 0 Å². The second kappa shape index (κ2) is 4.14. The first-order valence-corrected chi connectivity index (χ1v) is 5.24. The van der Waals surface area contributed by atoms with E-state index < -0.39 is 0 Å². The van der Waals surface area contributed by atoms with Crippen molar-refractivity contribution in [2.75, 3.05) is 20.0 Å². The molecule has 0 spiro atoms. The molecule has 5 heteroatoms. The van der Waals surface area contributed by atoms with Crippen molar-refractivity contribution in [2.24, 2.45) is 0 Å². The summed E-state index contributed by atoms with van der Waals surface area (Å²) in [6.07, 6.45) is -0.353. The highest BCUT2D eigenvalue weighted by Crippen LogP contribution is 2.28. The maximum Gasteiger partial charge on any atom is 0.183 e. The van der Waals surface area contributed by atoms with Crippen LogP contribution in [0, 0.1) is 0 Å². The predicted octanol–water partition coefficient (Wildman–Crippen LogP) is 2.17. The van der Waals surface area contributed by atoms with Gasteiger partial charge in [-0.2, -0.15) is 4.37 Å². The van der Waals surface area contributed by atoms with E-state index in [9.17, 15) is 0 Å². The number of benzene rings is 1. The molecule has 1 aromatic heterocycles. The first-order valence-electron chi connectivity index (χ1n) is 4.46. The Kier molecular flexibility index (Phi) is 2.86. The van der Waals surface area contributed by atoms with Crippen LogP contribution in [-0.2, 0) is 9.47 Å². The molecule has 0 aliphatic rings. The normalized spacial score (nSPS) is 11.4. The molecule has 0 bridgehead atoms. The minimum Gasteiger partial charge on any atom is -0.382 e. The zero-order chi connectivity index (χ0) is 10.8. The van der Waals surface area contributed by atoms with Crippen molar-refractivity contribution < 1.29 is 9.47 Å². The summed E-state index contributed by atoms with van der Waals surface area (Å²) in [4.78, 5) is 0. The lowest BCUT2D eigenvalue weighted by atomic mass is 10.1. The van der Waals surface area contributed by atoms with Gasteiger partial charge in [0.1, 0.15) is 5.82 Å². The van der Waals surface area contributed by atoms with Gasteiger partial charge in [0.25, 0.3) is 0 Å². The van der Waals surface area contributed by atoms with E-state index in [0.717, 1.165) is 15.6 Å². The zero-order valence-corrected chi connectivity index (χ0v) is 9.38. The summed E-state index contributed by atoms with van der Waals surface area (Å²) in [5.41, 5.74) is 6.69. The maximum atomic E-state index is 5.75. The molecule has 0 fully saturated rings. The van der Waals surface area contributed by atoms with Gasteiger partial charge in [-0.1, -0.05) is 6.07 Å². The van der Waals surface area contributed by atoms with Crippen LogP contribution in [-0.4, -0.2) is 18.6 Å². The maximum absolute atomic E-state index is 5.75. The van der Waals surface area contributed by atoms with Crippen LogP contribution in [0.25, 0.3) is 10.1 Å². The first kappa shape index (κ1) is 10.4. The number of ether oxygens (including phenoxy) is 2. The van der Waals surface area contributed by atoms with Crippen molar-refractivity contribution >= 4 is 27.4 Å². The highest BCUT2D eigenvalue weighted by atomic mass is 32.1. The standard InChI is InChI=1S/C10H12N2O2S/c1-13-10(14-2)6-3-4-8-7(5-6)9(11)12-15-8/h3-5,10H,1-2H3,(H2,11,12). The molecule has 1 aromatic carbocycles. The molecule has 80 valence electrons. The quantitative estimate of drug-likeness (QED) is 0.812. The number of hydrogen-bond acceptors (Lipinski definition) is 5. The molecule has 1 heterocycles. The fraction of sp³-hybridized carbons (Fsp3) is 0.300. The van der Waals surface area contributed by atoms with E-state index in [4.69, 9.17) is 15.2 Å². The summed E-state index contributed by atoms with van der Waals surface area (Å²) in [5, 5.41) is 0.955. The number of nitrogen functional groups attached to an aromatic ring is 1. The smallest absolute Gasteiger partial charge is 0.183 e. The summed E-state index contributed by atoms with van der Waals surface area (Å²) in [6.45, 7) is 0. The van der Waals surface area contributed by atoms with Gasteiger partial charge in [0, 0.05) is 25.2 Å². The molecule has 2 aromatic rings. The predicted molar refractivity (Wildman–Crippen MR) is 60.8 cm³/mol. The average molecular weight is 224 g/mol. The van der Waals surface area contributed by atoms with Crippen LogP contribution in [0.2, 0.25) is 0 Å². The molecule has 2 rings (SSSR count). The van der Waals surface area contributed by atoms with Crippen molar-refractivity contribution in [3.63, 3.8) is 0 Å². The monoisotopic (exact) mass is 224 g/mol. The molecular weight excluding hydrogens is 212 g/mol. The number of rotatable bonds is 3. The minimum atomic E-state index is -0.353. The van der Waals surface area contributed by atoms with E-state index in [1.54, 1.807) is 14.2 Å². The van der Waals surface area contributed by atoms with E-state index in [1.165, 1.54) is 11.5 Å². The molecule has 0 atom stereocenters. The summed E-state index contributed by atoms with van der Waals surface area (Å²) < 4.78 is 15.5. The lowest BCUT2D eigenvalue weighted by molar-refractivity contribution is -0.105. The highest BCUT2D eigenvalue weighted by molar-refractivity contribution is 7.13. The summed E-state index contributed by atoms with van der Waals surface area (Å²) in [7, 11) is 3.21. The molecular formula is C10H12N2O2S. The Balaban J connectivity index is 2.49. The Morgan fingerprint density at radius 2 is 2.07 bits per heavy atom. The van der Waals surface area contributed by atoms with Crippen molar-refractivity contribution in [3.8, 4) is 0 Å². The number of aromatic nitrogens is 1. The molecule has 0 saturated carbocycles. The fourth-order valence-electron chi connectivity index (χ4n) is 1.49. The Bertz CT molecular complexity index is 465. The van der Waals surface area contributed by atoms with Gasteiger partial charge >= 0.3 is 0 Å². The highest BCUT2D eigenvalue weighted by Gasteiger charge is 2.11. The second-order valence-electron chi connectivity index (χ2n) is 3.13. The van der Waals surface area contributed by atoms with E-state index >= 15 is 0 Å². The number of methoxy groups -OCH3 is 2. The summed E-state index contributed by atoms with van der Waals surface area (Å²) in [5.74, 6) is 0.558. The van der Waals surface area contributed by atoms with Crippen molar-refractivity contribution in [1.82, 2.24) is 4.37 Å². The number of hydrogen-bond donors (Lipinski definition) is 1. The molecule has 0 aliphatic carbocycles. The van der Waals surface area contributed by atoms with E-state index in [-0.39, 0.29) is 6.29 Å². The Morgan fingerprint density at radius 1 is 1.33 bits per heavy atom. The van der Waals surface area contributed by atoms with Crippen molar-refractivity contribution in [1.29, 1.82) is 0 Å². The summed E-state index contributed by atoms with van der Waals surface area (Å²) >= 11 is 1.39. The molecule has 0 radical (unpaired) electrons. The topological polar surface area (TPSA) is 57.4 Å². The molecule has 0 aliphatic heterocycles. The van der Waals surface area contributed by atoms with E-state index in [0.29, 0.717) is 5.82 Å². The largest absolute Gasteiger partial charge is 0.382 e. The van der Waals surface area contributed by atoms with Gasteiger partial charge in [-0.05, 0) is 23.7 Å². The SMILES string of the molecule is COC(OC)c1ccc2snc(N)c2c1. The Hall–Kier alpha value is -1.17. The van der Waals surface area contributed by atoms with Crippen LogP contribution in [0.4, 0.5) is 5.82 Å². The van der Waals surface area contributed by atoms with Crippen LogP contribution < -0.4 is 5.73 Å². The van der Waals surface area contributed by atoms with Gasteiger partial charge in [-0.3, -0.25) is 0 Å². The third-order valence-corrected chi connectivity index (χ3v) is 3.06. The first-order chi connectivity index (χ1) is 7.26. The summed E-state index contributed by atoms with van der Waals surface area (Å²) in [6, 6.07) is 5.88. The van der Waals surface area contributed by atoms with Crippen LogP contribution in [0.3, 0.4) is 0 Å². The van der Waals surface area contributed by atoms with Gasteiger partial charge < -0.3 is 15.2 Å². The molecule has 0 amide bonds. The molecule has 0 unspecified atom stereocenters.